The van der Waals surface area contributed by atoms with Gasteiger partial charge in [-0.05, 0) is 44.4 Å². The summed E-state index contributed by atoms with van der Waals surface area (Å²) in [7, 11) is 0. The molecule has 3 saturated heterocycles. The minimum atomic E-state index is -0.902. The second-order valence-electron chi connectivity index (χ2n) is 10.2. The lowest BCUT2D eigenvalue weighted by atomic mass is 9.86. The summed E-state index contributed by atoms with van der Waals surface area (Å²) in [6, 6.07) is -0.604. The zero-order chi connectivity index (χ0) is 22.2. The summed E-state index contributed by atoms with van der Waals surface area (Å²) in [5, 5.41) is 2.95. The lowest BCUT2D eigenvalue weighted by molar-refractivity contribution is -0.142. The number of nitrogens with one attached hydrogen (secondary N) is 1. The van der Waals surface area contributed by atoms with Crippen LogP contribution in [0.2, 0.25) is 0 Å². The van der Waals surface area contributed by atoms with Gasteiger partial charge in [0.05, 0.1) is 6.04 Å². The van der Waals surface area contributed by atoms with Crippen molar-refractivity contribution in [2.24, 2.45) is 11.8 Å². The van der Waals surface area contributed by atoms with Crippen molar-refractivity contribution in [3.05, 3.63) is 0 Å². The van der Waals surface area contributed by atoms with Crippen LogP contribution in [0.15, 0.2) is 0 Å². The molecule has 1 saturated carbocycles. The van der Waals surface area contributed by atoms with Gasteiger partial charge in [-0.3, -0.25) is 19.3 Å². The van der Waals surface area contributed by atoms with Gasteiger partial charge in [0.15, 0.2) is 0 Å². The van der Waals surface area contributed by atoms with Crippen LogP contribution < -0.4 is 5.32 Å². The molecule has 0 aromatic carbocycles. The third-order valence-corrected chi connectivity index (χ3v) is 7.67. The average Bonchev–Trinajstić information content (AvgIpc) is 3.34. The number of urea groups is 1. The number of carbonyl (C=O) groups excluding carboxylic acids is 4. The molecule has 1 aliphatic carbocycles. The first kappa shape index (κ1) is 22.1. The summed E-state index contributed by atoms with van der Waals surface area (Å²) in [6.07, 6.45) is 7.73. The molecule has 0 bridgehead atoms. The van der Waals surface area contributed by atoms with Crippen LogP contribution in [0.5, 0.6) is 0 Å². The van der Waals surface area contributed by atoms with Gasteiger partial charge in [-0.2, -0.15) is 0 Å². The maximum absolute atomic E-state index is 13.4. The normalized spacial score (nSPS) is 26.8. The van der Waals surface area contributed by atoms with Gasteiger partial charge in [0.1, 0.15) is 5.54 Å². The number of hydrogen-bond donors (Lipinski definition) is 1. The molecule has 4 rings (SSSR count). The van der Waals surface area contributed by atoms with Gasteiger partial charge < -0.3 is 15.1 Å². The van der Waals surface area contributed by atoms with Gasteiger partial charge in [0, 0.05) is 38.5 Å². The SMILES string of the molecule is CC(C)C(=O)N1CCC2(CC1)NC(=O)N(C1CCCN(C(=O)CC3CCCC3)C1)C2=O. The van der Waals surface area contributed by atoms with Gasteiger partial charge in [-0.15, -0.1) is 0 Å². The van der Waals surface area contributed by atoms with Gasteiger partial charge in [-0.1, -0.05) is 26.7 Å². The van der Waals surface area contributed by atoms with E-state index in [-0.39, 0.29) is 35.7 Å². The Hall–Kier alpha value is -2.12. The number of carbonyl (C=O) groups is 4. The Bertz CT molecular complexity index is 738. The van der Waals surface area contributed by atoms with E-state index >= 15 is 0 Å². The van der Waals surface area contributed by atoms with Crippen LogP contribution in [0.4, 0.5) is 4.79 Å². The fourth-order valence-corrected chi connectivity index (χ4v) is 5.77. The van der Waals surface area contributed by atoms with E-state index in [4.69, 9.17) is 0 Å². The molecule has 31 heavy (non-hydrogen) atoms. The zero-order valence-electron chi connectivity index (χ0n) is 18.9. The molecule has 0 radical (unpaired) electrons. The largest absolute Gasteiger partial charge is 0.342 e. The number of rotatable bonds is 4. The highest BCUT2D eigenvalue weighted by Gasteiger charge is 2.55. The van der Waals surface area contributed by atoms with Crippen LogP contribution in [-0.2, 0) is 14.4 Å². The first-order chi connectivity index (χ1) is 14.8. The second-order valence-corrected chi connectivity index (χ2v) is 10.2. The molecule has 172 valence electrons. The first-order valence-electron chi connectivity index (χ1n) is 12.0. The Morgan fingerprint density at radius 3 is 2.32 bits per heavy atom. The Balaban J connectivity index is 1.38. The van der Waals surface area contributed by atoms with Crippen LogP contribution >= 0.6 is 0 Å². The van der Waals surface area contributed by atoms with Crippen molar-refractivity contribution >= 4 is 23.8 Å². The molecular weight excluding hydrogens is 396 g/mol. The molecule has 3 aliphatic heterocycles. The van der Waals surface area contributed by atoms with Crippen molar-refractivity contribution in [1.29, 1.82) is 0 Å². The van der Waals surface area contributed by atoms with E-state index in [2.05, 4.69) is 5.32 Å². The minimum Gasteiger partial charge on any atom is -0.342 e. The highest BCUT2D eigenvalue weighted by atomic mass is 16.2. The average molecular weight is 433 g/mol. The van der Waals surface area contributed by atoms with Gasteiger partial charge in [0.25, 0.3) is 5.91 Å². The number of likely N-dealkylation sites (tertiary alicyclic amines) is 2. The number of imide groups is 1. The summed E-state index contributed by atoms with van der Waals surface area (Å²) in [5.41, 5.74) is -0.902. The van der Waals surface area contributed by atoms with Gasteiger partial charge in [-0.25, -0.2) is 4.79 Å². The number of piperidine rings is 2. The maximum Gasteiger partial charge on any atom is 0.325 e. The Kier molecular flexibility index (Phi) is 6.26. The monoisotopic (exact) mass is 432 g/mol. The van der Waals surface area contributed by atoms with Crippen molar-refractivity contribution < 1.29 is 19.2 Å². The van der Waals surface area contributed by atoms with Crippen molar-refractivity contribution in [3.63, 3.8) is 0 Å². The summed E-state index contributed by atoms with van der Waals surface area (Å²) < 4.78 is 0. The predicted octanol–water partition coefficient (Wildman–Crippen LogP) is 2.13. The van der Waals surface area contributed by atoms with E-state index in [1.165, 1.54) is 17.7 Å². The van der Waals surface area contributed by atoms with E-state index in [0.29, 0.717) is 51.4 Å². The smallest absolute Gasteiger partial charge is 0.325 e. The van der Waals surface area contributed by atoms with E-state index in [1.54, 1.807) is 4.90 Å². The third kappa shape index (κ3) is 4.30. The fourth-order valence-electron chi connectivity index (χ4n) is 5.77. The molecular formula is C23H36N4O4. The van der Waals surface area contributed by atoms with Crippen molar-refractivity contribution in [2.75, 3.05) is 26.2 Å². The quantitative estimate of drug-likeness (QED) is 0.689. The van der Waals surface area contributed by atoms with Crippen LogP contribution in [-0.4, -0.2) is 76.2 Å². The molecule has 5 amide bonds. The van der Waals surface area contributed by atoms with Gasteiger partial charge >= 0.3 is 6.03 Å². The molecule has 0 aromatic rings. The summed E-state index contributed by atoms with van der Waals surface area (Å²) in [6.45, 7) is 5.86. The summed E-state index contributed by atoms with van der Waals surface area (Å²) >= 11 is 0. The highest BCUT2D eigenvalue weighted by Crippen LogP contribution is 2.33. The first-order valence-corrected chi connectivity index (χ1v) is 12.0. The van der Waals surface area contributed by atoms with Crippen LogP contribution in [0.1, 0.15) is 71.6 Å². The molecule has 4 fully saturated rings. The van der Waals surface area contributed by atoms with Crippen LogP contribution in [0.25, 0.3) is 0 Å². The van der Waals surface area contributed by atoms with E-state index in [9.17, 15) is 19.2 Å². The summed E-state index contributed by atoms with van der Waals surface area (Å²) in [5.74, 6) is 0.497. The lowest BCUT2D eigenvalue weighted by Crippen LogP contribution is -2.57. The topological polar surface area (TPSA) is 90.0 Å². The van der Waals surface area contributed by atoms with Gasteiger partial charge in [0.2, 0.25) is 11.8 Å². The number of hydrogen-bond acceptors (Lipinski definition) is 4. The third-order valence-electron chi connectivity index (χ3n) is 7.67. The fraction of sp³-hybridized carbons (Fsp3) is 0.826. The maximum atomic E-state index is 13.4. The number of nitrogens with zero attached hydrogens (tertiary/aromatic N) is 3. The van der Waals surface area contributed by atoms with E-state index in [0.717, 1.165) is 25.7 Å². The summed E-state index contributed by atoms with van der Waals surface area (Å²) in [4.78, 5) is 56.4. The van der Waals surface area contributed by atoms with Crippen molar-refractivity contribution in [2.45, 2.75) is 83.2 Å². The standard InChI is InChI=1S/C23H36N4O4/c1-16(2)20(29)25-12-9-23(10-13-25)21(30)27(22(31)24-23)18-8-5-11-26(15-18)19(28)14-17-6-3-4-7-17/h16-18H,3-15H2,1-2H3,(H,24,31). The van der Waals surface area contributed by atoms with E-state index < -0.39 is 5.54 Å². The minimum absolute atomic E-state index is 0.0746. The Morgan fingerprint density at radius 1 is 1.00 bits per heavy atom. The van der Waals surface area contributed by atoms with Crippen molar-refractivity contribution in [1.82, 2.24) is 20.0 Å². The lowest BCUT2D eigenvalue weighted by Gasteiger charge is -2.39. The molecule has 1 unspecified atom stereocenters. The van der Waals surface area contributed by atoms with E-state index in [1.807, 2.05) is 18.7 Å². The Morgan fingerprint density at radius 2 is 1.68 bits per heavy atom. The molecule has 8 heteroatoms. The molecule has 3 heterocycles. The Labute approximate surface area is 184 Å². The van der Waals surface area contributed by atoms with Crippen LogP contribution in [0, 0.1) is 11.8 Å². The van der Waals surface area contributed by atoms with Crippen LogP contribution in [0.3, 0.4) is 0 Å². The van der Waals surface area contributed by atoms with Crippen molar-refractivity contribution in [3.8, 4) is 0 Å². The zero-order valence-corrected chi connectivity index (χ0v) is 18.9. The molecule has 1 N–H and O–H groups in total. The highest BCUT2D eigenvalue weighted by molar-refractivity contribution is 6.07. The molecule has 8 nitrogen and oxygen atoms in total. The molecule has 4 aliphatic rings. The predicted molar refractivity (Wildman–Crippen MR) is 115 cm³/mol. The molecule has 1 spiro atoms. The number of amides is 5. The molecule has 1 atom stereocenters. The second kappa shape index (κ2) is 8.79. The molecule has 0 aromatic heterocycles.